The van der Waals surface area contributed by atoms with Crippen LogP contribution in [-0.2, 0) is 9.53 Å². The molecule has 0 aliphatic carbocycles. The van der Waals surface area contributed by atoms with Crippen LogP contribution >= 0.6 is 0 Å². The van der Waals surface area contributed by atoms with Gasteiger partial charge in [-0.3, -0.25) is 9.59 Å². The SMILES string of the molecule is CCN(CCC(=O)OC)C(=O)c1cncnc1. The lowest BCUT2D eigenvalue weighted by atomic mass is 10.2. The van der Waals surface area contributed by atoms with Gasteiger partial charge >= 0.3 is 5.97 Å². The van der Waals surface area contributed by atoms with Crippen molar-refractivity contribution in [3.8, 4) is 0 Å². The second-order valence-electron chi connectivity index (χ2n) is 3.34. The third-order valence-electron chi connectivity index (χ3n) is 2.29. The topological polar surface area (TPSA) is 72.4 Å². The largest absolute Gasteiger partial charge is 0.469 e. The van der Waals surface area contributed by atoms with Crippen LogP contribution in [0.3, 0.4) is 0 Å². The number of amides is 1. The lowest BCUT2D eigenvalue weighted by molar-refractivity contribution is -0.140. The summed E-state index contributed by atoms with van der Waals surface area (Å²) in [5, 5.41) is 0. The molecule has 1 aromatic rings. The molecule has 6 nitrogen and oxygen atoms in total. The molecule has 0 aromatic carbocycles. The molecular weight excluding hydrogens is 222 g/mol. The van der Waals surface area contributed by atoms with Crippen LogP contribution in [0.25, 0.3) is 0 Å². The fraction of sp³-hybridized carbons (Fsp3) is 0.455. The highest BCUT2D eigenvalue weighted by molar-refractivity contribution is 5.93. The third-order valence-corrected chi connectivity index (χ3v) is 2.29. The molecule has 0 fully saturated rings. The number of nitrogens with zero attached hydrogens (tertiary/aromatic N) is 3. The maximum absolute atomic E-state index is 12.0. The second-order valence-corrected chi connectivity index (χ2v) is 3.34. The molecule has 0 saturated carbocycles. The van der Waals surface area contributed by atoms with E-state index in [-0.39, 0.29) is 18.3 Å². The molecule has 1 aromatic heterocycles. The number of carbonyl (C=O) groups is 2. The average molecular weight is 237 g/mol. The number of carbonyl (C=O) groups excluding carboxylic acids is 2. The van der Waals surface area contributed by atoms with Gasteiger partial charge < -0.3 is 9.64 Å². The lowest BCUT2D eigenvalue weighted by Gasteiger charge is -2.19. The summed E-state index contributed by atoms with van der Waals surface area (Å²) < 4.78 is 4.53. The number of hydrogen-bond acceptors (Lipinski definition) is 5. The first kappa shape index (κ1) is 13.1. The Hall–Kier alpha value is -1.98. The summed E-state index contributed by atoms with van der Waals surface area (Å²) in [6.07, 6.45) is 4.46. The fourth-order valence-corrected chi connectivity index (χ4v) is 1.32. The predicted molar refractivity (Wildman–Crippen MR) is 60.2 cm³/mol. The van der Waals surface area contributed by atoms with Crippen LogP contribution in [0.2, 0.25) is 0 Å². The van der Waals surface area contributed by atoms with Crippen LogP contribution < -0.4 is 0 Å². The smallest absolute Gasteiger partial charge is 0.307 e. The average Bonchev–Trinajstić information content (AvgIpc) is 2.39. The Bertz CT molecular complexity index is 381. The van der Waals surface area contributed by atoms with Gasteiger partial charge in [-0.2, -0.15) is 0 Å². The van der Waals surface area contributed by atoms with E-state index in [4.69, 9.17) is 0 Å². The number of methoxy groups -OCH3 is 1. The van der Waals surface area contributed by atoms with Crippen molar-refractivity contribution in [1.82, 2.24) is 14.9 Å². The van der Waals surface area contributed by atoms with Crippen molar-refractivity contribution in [1.29, 1.82) is 0 Å². The monoisotopic (exact) mass is 237 g/mol. The Morgan fingerprint density at radius 2 is 2.00 bits per heavy atom. The summed E-state index contributed by atoms with van der Waals surface area (Å²) in [6.45, 7) is 2.70. The zero-order valence-electron chi connectivity index (χ0n) is 9.92. The summed E-state index contributed by atoms with van der Waals surface area (Å²) in [5.74, 6) is -0.516. The van der Waals surface area contributed by atoms with Crippen molar-refractivity contribution in [2.24, 2.45) is 0 Å². The molecule has 0 N–H and O–H groups in total. The van der Waals surface area contributed by atoms with Gasteiger partial charge in [-0.25, -0.2) is 9.97 Å². The van der Waals surface area contributed by atoms with E-state index in [0.717, 1.165) is 0 Å². The van der Waals surface area contributed by atoms with E-state index in [1.54, 1.807) is 4.90 Å². The van der Waals surface area contributed by atoms with Gasteiger partial charge in [0, 0.05) is 25.5 Å². The van der Waals surface area contributed by atoms with E-state index in [0.29, 0.717) is 18.7 Å². The van der Waals surface area contributed by atoms with Gasteiger partial charge in [0.05, 0.1) is 19.1 Å². The van der Waals surface area contributed by atoms with Crippen LogP contribution in [0.1, 0.15) is 23.7 Å². The Kier molecular flexibility index (Phi) is 5.06. The number of esters is 1. The van der Waals surface area contributed by atoms with Gasteiger partial charge in [-0.05, 0) is 6.92 Å². The third kappa shape index (κ3) is 3.82. The highest BCUT2D eigenvalue weighted by atomic mass is 16.5. The van der Waals surface area contributed by atoms with Crippen molar-refractivity contribution in [3.05, 3.63) is 24.3 Å². The minimum atomic E-state index is -0.333. The summed E-state index contributed by atoms with van der Waals surface area (Å²) >= 11 is 0. The van der Waals surface area contributed by atoms with Crippen LogP contribution in [0.15, 0.2) is 18.7 Å². The zero-order chi connectivity index (χ0) is 12.7. The van der Waals surface area contributed by atoms with E-state index in [1.807, 2.05) is 6.92 Å². The Labute approximate surface area is 99.6 Å². The molecular formula is C11H15N3O3. The first-order valence-electron chi connectivity index (χ1n) is 5.30. The first-order valence-corrected chi connectivity index (χ1v) is 5.30. The van der Waals surface area contributed by atoms with Gasteiger partial charge in [-0.1, -0.05) is 0 Å². The summed E-state index contributed by atoms with van der Waals surface area (Å²) in [4.78, 5) is 32.1. The molecule has 0 saturated heterocycles. The molecule has 0 spiro atoms. The van der Waals surface area contributed by atoms with Crippen LogP contribution in [0, 0.1) is 0 Å². The van der Waals surface area contributed by atoms with Crippen LogP contribution in [0.4, 0.5) is 0 Å². The quantitative estimate of drug-likeness (QED) is 0.697. The van der Waals surface area contributed by atoms with Crippen molar-refractivity contribution >= 4 is 11.9 Å². The molecule has 0 aliphatic heterocycles. The molecule has 1 heterocycles. The second kappa shape index (κ2) is 6.57. The Morgan fingerprint density at radius 3 is 2.53 bits per heavy atom. The molecule has 1 amide bonds. The van der Waals surface area contributed by atoms with E-state index in [9.17, 15) is 9.59 Å². The standard InChI is InChI=1S/C11H15N3O3/c1-3-14(5-4-10(15)17-2)11(16)9-6-12-8-13-7-9/h6-8H,3-5H2,1-2H3. The number of aromatic nitrogens is 2. The van der Waals surface area contributed by atoms with E-state index >= 15 is 0 Å². The van der Waals surface area contributed by atoms with Gasteiger partial charge in [0.15, 0.2) is 0 Å². The summed E-state index contributed by atoms with van der Waals surface area (Å²) in [6, 6.07) is 0. The predicted octanol–water partition coefficient (Wildman–Crippen LogP) is 0.502. The lowest BCUT2D eigenvalue weighted by Crippen LogP contribution is -2.33. The van der Waals surface area contributed by atoms with Crippen molar-refractivity contribution in [2.45, 2.75) is 13.3 Å². The zero-order valence-corrected chi connectivity index (χ0v) is 9.92. The molecule has 0 atom stereocenters. The molecule has 92 valence electrons. The normalized spacial score (nSPS) is 9.76. The van der Waals surface area contributed by atoms with E-state index in [1.165, 1.54) is 25.8 Å². The van der Waals surface area contributed by atoms with Crippen molar-refractivity contribution < 1.29 is 14.3 Å². The molecule has 1 rings (SSSR count). The fourth-order valence-electron chi connectivity index (χ4n) is 1.32. The Morgan fingerprint density at radius 1 is 1.35 bits per heavy atom. The molecule has 6 heteroatoms. The number of rotatable bonds is 5. The Balaban J connectivity index is 2.62. The molecule has 0 aliphatic rings. The van der Waals surface area contributed by atoms with Gasteiger partial charge in [0.1, 0.15) is 6.33 Å². The first-order chi connectivity index (χ1) is 8.19. The van der Waals surface area contributed by atoms with Gasteiger partial charge in [0.25, 0.3) is 5.91 Å². The summed E-state index contributed by atoms with van der Waals surface area (Å²) in [5.41, 5.74) is 0.416. The van der Waals surface area contributed by atoms with Gasteiger partial charge in [0.2, 0.25) is 0 Å². The van der Waals surface area contributed by atoms with E-state index < -0.39 is 0 Å². The highest BCUT2D eigenvalue weighted by Gasteiger charge is 2.15. The maximum Gasteiger partial charge on any atom is 0.307 e. The van der Waals surface area contributed by atoms with Crippen LogP contribution in [0.5, 0.6) is 0 Å². The van der Waals surface area contributed by atoms with E-state index in [2.05, 4.69) is 14.7 Å². The maximum atomic E-state index is 12.0. The van der Waals surface area contributed by atoms with Crippen LogP contribution in [-0.4, -0.2) is 46.9 Å². The highest BCUT2D eigenvalue weighted by Crippen LogP contribution is 2.03. The molecule has 0 bridgehead atoms. The summed E-state index contributed by atoms with van der Waals surface area (Å²) in [7, 11) is 1.32. The van der Waals surface area contributed by atoms with Crippen molar-refractivity contribution in [2.75, 3.05) is 20.2 Å². The van der Waals surface area contributed by atoms with Crippen molar-refractivity contribution in [3.63, 3.8) is 0 Å². The molecule has 0 radical (unpaired) electrons. The molecule has 0 unspecified atom stereocenters. The molecule has 17 heavy (non-hydrogen) atoms. The number of ether oxygens (including phenoxy) is 1. The van der Waals surface area contributed by atoms with Gasteiger partial charge in [-0.15, -0.1) is 0 Å². The number of hydrogen-bond donors (Lipinski definition) is 0. The minimum Gasteiger partial charge on any atom is -0.469 e. The minimum absolute atomic E-state index is 0.183.